The Balaban J connectivity index is 1.47. The first kappa shape index (κ1) is 68.5. The second-order valence-electron chi connectivity index (χ2n) is 20.4. The Morgan fingerprint density at radius 2 is 0.896 bits per heavy atom. The van der Waals surface area contributed by atoms with Crippen molar-refractivity contribution in [2.75, 3.05) is 26.4 Å². The van der Waals surface area contributed by atoms with Crippen LogP contribution >= 0.6 is 0 Å². The number of unbranched alkanes of at least 4 members (excludes halogenated alkanes) is 12. The summed E-state index contributed by atoms with van der Waals surface area (Å²) in [5.41, 5.74) is 0. The van der Waals surface area contributed by atoms with Gasteiger partial charge in [0.2, 0.25) is 5.91 Å². The molecule has 3 saturated heterocycles. The molecule has 0 radical (unpaired) electrons. The number of hydrogen-bond donors (Lipinski definition) is 12. The molecule has 0 saturated carbocycles. The van der Waals surface area contributed by atoms with Crippen LogP contribution in [-0.2, 0) is 33.2 Å². The fourth-order valence-corrected chi connectivity index (χ4v) is 9.31. The second kappa shape index (κ2) is 41.3. The molecular formula is C58H99NO18. The summed E-state index contributed by atoms with van der Waals surface area (Å²) in [7, 11) is 0. The zero-order valence-electron chi connectivity index (χ0n) is 45.9. The molecule has 3 aliphatic heterocycles. The summed E-state index contributed by atoms with van der Waals surface area (Å²) in [6.07, 6.45) is 20.1. The Bertz CT molecular complexity index is 1690. The Morgan fingerprint density at radius 3 is 1.40 bits per heavy atom. The predicted octanol–water partition coefficient (Wildman–Crippen LogP) is 4.26. The highest BCUT2D eigenvalue weighted by Crippen LogP contribution is 2.33. The number of carbonyl (C=O) groups is 1. The Morgan fingerprint density at radius 1 is 0.481 bits per heavy atom. The molecule has 3 heterocycles. The smallest absolute Gasteiger partial charge is 0.220 e. The molecule has 3 aliphatic rings. The number of rotatable bonds is 40. The minimum atomic E-state index is -1.98. The van der Waals surface area contributed by atoms with Gasteiger partial charge in [-0.05, 0) is 64.2 Å². The Labute approximate surface area is 458 Å². The van der Waals surface area contributed by atoms with Crippen LogP contribution in [0.15, 0.2) is 72.9 Å². The number of amides is 1. The van der Waals surface area contributed by atoms with Gasteiger partial charge in [-0.3, -0.25) is 4.79 Å². The Kier molecular flexibility index (Phi) is 36.7. The molecule has 0 aromatic carbocycles. The van der Waals surface area contributed by atoms with E-state index in [1.807, 2.05) is 0 Å². The molecule has 0 aromatic heterocycles. The first-order valence-corrected chi connectivity index (χ1v) is 28.7. The topological polar surface area (TPSA) is 307 Å². The first-order chi connectivity index (χ1) is 37.3. The zero-order valence-corrected chi connectivity index (χ0v) is 45.9. The van der Waals surface area contributed by atoms with Crippen LogP contribution in [0.3, 0.4) is 0 Å². The van der Waals surface area contributed by atoms with Gasteiger partial charge < -0.3 is 89.9 Å². The van der Waals surface area contributed by atoms with Gasteiger partial charge in [0.05, 0.1) is 38.6 Å². The minimum absolute atomic E-state index is 0.232. The largest absolute Gasteiger partial charge is 0.394 e. The third-order valence-electron chi connectivity index (χ3n) is 14.0. The van der Waals surface area contributed by atoms with Crippen molar-refractivity contribution in [2.24, 2.45) is 0 Å². The number of aliphatic hydroxyl groups excluding tert-OH is 11. The molecule has 19 nitrogen and oxygen atoms in total. The average molecular weight is 1100 g/mol. The van der Waals surface area contributed by atoms with Gasteiger partial charge in [0.15, 0.2) is 18.9 Å². The fraction of sp³-hybridized carbons (Fsp3) is 0.776. The second-order valence-corrected chi connectivity index (χ2v) is 20.4. The normalized spacial score (nSPS) is 31.3. The molecule has 19 heteroatoms. The third kappa shape index (κ3) is 25.7. The van der Waals surface area contributed by atoms with Crippen molar-refractivity contribution >= 4 is 5.91 Å². The molecule has 0 bridgehead atoms. The van der Waals surface area contributed by atoms with Gasteiger partial charge in [-0.25, -0.2) is 0 Å². The van der Waals surface area contributed by atoms with Crippen molar-refractivity contribution in [1.29, 1.82) is 0 Å². The van der Waals surface area contributed by atoms with Crippen molar-refractivity contribution in [1.82, 2.24) is 5.32 Å². The number of aliphatic hydroxyl groups is 11. The molecule has 1 amide bonds. The SMILES string of the molecule is CC/C=C\C/C=C\C/C=C\C/C=C\C/C=C\C/C=C\CCCCCCC(=O)NC(COC1OC(CO)C(OC2OC(CO)C(OC3OC(CO)C(O)C(O)C3O)C(O)C2O)C(O)C1O)C(O)CCCCCCCCCCC. The van der Waals surface area contributed by atoms with Crippen molar-refractivity contribution in [3.63, 3.8) is 0 Å². The quantitative estimate of drug-likeness (QED) is 0.0301. The molecule has 3 rings (SSSR count). The van der Waals surface area contributed by atoms with E-state index in [9.17, 15) is 61.0 Å². The van der Waals surface area contributed by atoms with E-state index in [-0.39, 0.29) is 18.9 Å². The van der Waals surface area contributed by atoms with Crippen LogP contribution in [0.5, 0.6) is 0 Å². The van der Waals surface area contributed by atoms with Crippen molar-refractivity contribution in [3.05, 3.63) is 72.9 Å². The maximum Gasteiger partial charge on any atom is 0.220 e. The summed E-state index contributed by atoms with van der Waals surface area (Å²) < 4.78 is 34.2. The van der Waals surface area contributed by atoms with E-state index in [0.29, 0.717) is 19.3 Å². The summed E-state index contributed by atoms with van der Waals surface area (Å²) in [4.78, 5) is 13.3. The van der Waals surface area contributed by atoms with Crippen LogP contribution < -0.4 is 5.32 Å². The van der Waals surface area contributed by atoms with E-state index in [2.05, 4.69) is 92.1 Å². The predicted molar refractivity (Wildman–Crippen MR) is 291 cm³/mol. The zero-order chi connectivity index (χ0) is 56.2. The number of ether oxygens (including phenoxy) is 6. The van der Waals surface area contributed by atoms with Crippen LogP contribution in [0.25, 0.3) is 0 Å². The van der Waals surface area contributed by atoms with E-state index in [4.69, 9.17) is 28.4 Å². The van der Waals surface area contributed by atoms with Crippen molar-refractivity contribution < 1.29 is 89.4 Å². The van der Waals surface area contributed by atoms with Gasteiger partial charge >= 0.3 is 0 Å². The standard InChI is InChI=1S/C58H99NO18/c1-3-5-7-9-11-13-14-15-16-17-18-19-20-21-22-23-24-25-26-28-30-32-34-36-46(64)59-41(42(63)35-33-31-29-27-12-10-8-6-4-2)40-72-56-52(70)49(67)54(44(38-61)74-56)77-58-53(71)50(68)55(45(39-62)75-58)76-57-51(69)48(66)47(65)43(37-60)73-57/h5,7,11,13,15-16,18-19,21-22,24-25,41-45,47-58,60-63,65-71H,3-4,6,8-10,12,14,17,20,23,26-40H2,1-2H3,(H,59,64)/b7-5-,13-11-,16-15-,19-18-,22-21-,25-24-. The average Bonchev–Trinajstić information content (AvgIpc) is 3.43. The van der Waals surface area contributed by atoms with Crippen molar-refractivity contribution in [3.8, 4) is 0 Å². The fourth-order valence-electron chi connectivity index (χ4n) is 9.31. The number of carbonyl (C=O) groups excluding carboxylic acids is 1. The molecule has 77 heavy (non-hydrogen) atoms. The summed E-state index contributed by atoms with van der Waals surface area (Å²) in [5.74, 6) is -0.274. The summed E-state index contributed by atoms with van der Waals surface area (Å²) in [5, 5.41) is 120. The van der Waals surface area contributed by atoms with E-state index >= 15 is 0 Å². The number of nitrogens with one attached hydrogen (secondary N) is 1. The van der Waals surface area contributed by atoms with Gasteiger partial charge in [-0.1, -0.05) is 157 Å². The maximum absolute atomic E-state index is 13.3. The van der Waals surface area contributed by atoms with E-state index in [1.54, 1.807) is 0 Å². The van der Waals surface area contributed by atoms with Crippen LogP contribution in [-0.4, -0.2) is 193 Å². The third-order valence-corrected chi connectivity index (χ3v) is 14.0. The van der Waals surface area contributed by atoms with Gasteiger partial charge in [0.25, 0.3) is 0 Å². The minimum Gasteiger partial charge on any atom is -0.394 e. The molecule has 17 atom stereocenters. The molecule has 17 unspecified atom stereocenters. The first-order valence-electron chi connectivity index (χ1n) is 28.7. The lowest BCUT2D eigenvalue weighted by Gasteiger charge is -2.48. The molecular weight excluding hydrogens is 999 g/mol. The lowest BCUT2D eigenvalue weighted by atomic mass is 9.96. The van der Waals surface area contributed by atoms with E-state index in [1.165, 1.54) is 25.7 Å². The van der Waals surface area contributed by atoms with Gasteiger partial charge in [0, 0.05) is 6.42 Å². The van der Waals surface area contributed by atoms with Crippen LogP contribution in [0.1, 0.15) is 155 Å². The van der Waals surface area contributed by atoms with Gasteiger partial charge in [0.1, 0.15) is 73.2 Å². The summed E-state index contributed by atoms with van der Waals surface area (Å²) in [6.45, 7) is 1.59. The monoisotopic (exact) mass is 1100 g/mol. The molecule has 0 aromatic rings. The molecule has 3 fully saturated rings. The van der Waals surface area contributed by atoms with Crippen LogP contribution in [0.2, 0.25) is 0 Å². The lowest BCUT2D eigenvalue weighted by Crippen LogP contribution is -2.66. The van der Waals surface area contributed by atoms with Crippen molar-refractivity contribution in [2.45, 2.75) is 259 Å². The Hall–Kier alpha value is -2.77. The van der Waals surface area contributed by atoms with E-state index < -0.39 is 124 Å². The molecule has 0 spiro atoms. The number of hydrogen-bond acceptors (Lipinski definition) is 18. The van der Waals surface area contributed by atoms with E-state index in [0.717, 1.165) is 89.9 Å². The lowest BCUT2D eigenvalue weighted by molar-refractivity contribution is -0.379. The maximum atomic E-state index is 13.3. The van der Waals surface area contributed by atoms with Crippen LogP contribution in [0, 0.1) is 0 Å². The summed E-state index contributed by atoms with van der Waals surface area (Å²) >= 11 is 0. The van der Waals surface area contributed by atoms with Crippen LogP contribution in [0.4, 0.5) is 0 Å². The highest BCUT2D eigenvalue weighted by Gasteiger charge is 2.53. The highest BCUT2D eigenvalue weighted by atomic mass is 16.8. The molecule has 444 valence electrons. The van der Waals surface area contributed by atoms with Gasteiger partial charge in [-0.15, -0.1) is 0 Å². The van der Waals surface area contributed by atoms with Gasteiger partial charge in [-0.2, -0.15) is 0 Å². The summed E-state index contributed by atoms with van der Waals surface area (Å²) in [6, 6.07) is -0.903. The number of allylic oxidation sites excluding steroid dienone is 12. The molecule has 0 aliphatic carbocycles. The highest BCUT2D eigenvalue weighted by molar-refractivity contribution is 5.76. The molecule has 12 N–H and O–H groups in total.